The number of aryl methyl sites for hydroxylation is 2. The van der Waals surface area contributed by atoms with Crippen molar-refractivity contribution in [1.29, 1.82) is 0 Å². The van der Waals surface area contributed by atoms with Gasteiger partial charge in [0.2, 0.25) is 10.0 Å². The van der Waals surface area contributed by atoms with E-state index in [1.165, 1.54) is 6.07 Å². The first-order chi connectivity index (χ1) is 11.2. The average Bonchev–Trinajstić information content (AvgIpc) is 2.88. The third-order valence-electron chi connectivity index (χ3n) is 4.15. The molecule has 0 saturated carbocycles. The molecule has 1 N–H and O–H groups in total. The van der Waals surface area contributed by atoms with Crippen LogP contribution < -0.4 is 4.72 Å². The van der Waals surface area contributed by atoms with Crippen LogP contribution in [0.2, 0.25) is 0 Å². The van der Waals surface area contributed by atoms with Gasteiger partial charge in [-0.05, 0) is 49.1 Å². The molecule has 1 unspecified atom stereocenters. The highest BCUT2D eigenvalue weighted by molar-refractivity contribution is 7.89. The molecular weight excluding hydrogens is 339 g/mol. The van der Waals surface area contributed by atoms with Crippen LogP contribution in [0, 0.1) is 6.92 Å². The van der Waals surface area contributed by atoms with E-state index in [4.69, 9.17) is 0 Å². The van der Waals surface area contributed by atoms with Crippen LogP contribution >= 0.6 is 0 Å². The molecule has 1 atom stereocenters. The van der Waals surface area contributed by atoms with Crippen LogP contribution in [0.3, 0.4) is 0 Å². The van der Waals surface area contributed by atoms with Gasteiger partial charge in [-0.25, -0.2) is 13.1 Å². The zero-order chi connectivity index (χ0) is 17.5. The number of benzene rings is 2. The monoisotopic (exact) mass is 355 g/mol. The minimum absolute atomic E-state index is 0.377. The summed E-state index contributed by atoms with van der Waals surface area (Å²) in [6.45, 7) is 1.96. The maximum atomic E-state index is 12.8. The van der Waals surface area contributed by atoms with Crippen molar-refractivity contribution in [3.8, 4) is 0 Å². The van der Waals surface area contributed by atoms with E-state index < -0.39 is 27.8 Å². The van der Waals surface area contributed by atoms with Crippen molar-refractivity contribution in [2.75, 3.05) is 0 Å². The lowest BCUT2D eigenvalue weighted by Crippen LogP contribution is -2.27. The molecule has 0 radical (unpaired) electrons. The number of fused-ring (bicyclic) bond motifs is 1. The summed E-state index contributed by atoms with van der Waals surface area (Å²) in [5, 5.41) is 0. The molecule has 2 aromatic carbocycles. The lowest BCUT2D eigenvalue weighted by atomic mass is 10.1. The third kappa shape index (κ3) is 3.32. The quantitative estimate of drug-likeness (QED) is 0.905. The highest BCUT2D eigenvalue weighted by Crippen LogP contribution is 2.34. The van der Waals surface area contributed by atoms with Crippen molar-refractivity contribution in [3.05, 3.63) is 64.7 Å². The number of sulfonamides is 1. The highest BCUT2D eigenvalue weighted by Gasteiger charge is 2.33. The number of hydrogen-bond donors (Lipinski definition) is 1. The molecule has 24 heavy (non-hydrogen) atoms. The Morgan fingerprint density at radius 3 is 2.58 bits per heavy atom. The second-order valence-corrected chi connectivity index (χ2v) is 7.65. The second-order valence-electron chi connectivity index (χ2n) is 5.94. The van der Waals surface area contributed by atoms with E-state index in [-0.39, 0.29) is 4.90 Å². The summed E-state index contributed by atoms with van der Waals surface area (Å²) in [7, 11) is -4.03. The zero-order valence-corrected chi connectivity index (χ0v) is 13.7. The fourth-order valence-corrected chi connectivity index (χ4v) is 4.26. The van der Waals surface area contributed by atoms with Crippen LogP contribution in [-0.4, -0.2) is 8.42 Å². The Hall–Kier alpha value is -1.86. The van der Waals surface area contributed by atoms with Gasteiger partial charge in [0.05, 0.1) is 10.5 Å². The Morgan fingerprint density at radius 1 is 1.12 bits per heavy atom. The van der Waals surface area contributed by atoms with E-state index in [9.17, 15) is 21.6 Å². The van der Waals surface area contributed by atoms with Gasteiger partial charge in [-0.3, -0.25) is 0 Å². The summed E-state index contributed by atoms with van der Waals surface area (Å²) in [5.41, 5.74) is 2.07. The maximum absolute atomic E-state index is 12.8. The number of alkyl halides is 3. The Morgan fingerprint density at radius 2 is 1.88 bits per heavy atom. The topological polar surface area (TPSA) is 46.2 Å². The van der Waals surface area contributed by atoms with Crippen molar-refractivity contribution >= 4 is 10.0 Å². The summed E-state index contributed by atoms with van der Waals surface area (Å²) in [5.74, 6) is 0. The van der Waals surface area contributed by atoms with E-state index >= 15 is 0 Å². The van der Waals surface area contributed by atoms with Crippen molar-refractivity contribution in [1.82, 2.24) is 4.72 Å². The molecule has 0 spiro atoms. The van der Waals surface area contributed by atoms with Crippen LogP contribution in [0.5, 0.6) is 0 Å². The first-order valence-electron chi connectivity index (χ1n) is 7.46. The van der Waals surface area contributed by atoms with E-state index in [2.05, 4.69) is 4.72 Å². The van der Waals surface area contributed by atoms with Gasteiger partial charge < -0.3 is 0 Å². The molecule has 0 fully saturated rings. The molecule has 0 heterocycles. The number of nitrogens with one attached hydrogen (secondary N) is 1. The van der Waals surface area contributed by atoms with Crippen molar-refractivity contribution in [2.24, 2.45) is 0 Å². The van der Waals surface area contributed by atoms with E-state index in [0.29, 0.717) is 12.5 Å². The van der Waals surface area contributed by atoms with Gasteiger partial charge in [-0.2, -0.15) is 13.2 Å². The molecule has 1 aliphatic rings. The Balaban J connectivity index is 1.89. The third-order valence-corrected chi connectivity index (χ3v) is 5.61. The molecule has 1 aliphatic carbocycles. The van der Waals surface area contributed by atoms with Gasteiger partial charge >= 0.3 is 6.18 Å². The lowest BCUT2D eigenvalue weighted by Gasteiger charge is -2.15. The summed E-state index contributed by atoms with van der Waals surface area (Å²) < 4.78 is 65.8. The van der Waals surface area contributed by atoms with Crippen LogP contribution in [0.15, 0.2) is 47.4 Å². The van der Waals surface area contributed by atoms with Gasteiger partial charge in [0.1, 0.15) is 0 Å². The lowest BCUT2D eigenvalue weighted by molar-refractivity contribution is -0.137. The molecule has 0 aromatic heterocycles. The smallest absolute Gasteiger partial charge is 0.207 e. The Kier molecular flexibility index (Phi) is 4.17. The van der Waals surface area contributed by atoms with Crippen molar-refractivity contribution in [2.45, 2.75) is 36.9 Å². The van der Waals surface area contributed by atoms with Gasteiger partial charge in [-0.15, -0.1) is 0 Å². The first-order valence-corrected chi connectivity index (χ1v) is 8.94. The second kappa shape index (κ2) is 5.89. The molecule has 0 saturated heterocycles. The van der Waals surface area contributed by atoms with Crippen LogP contribution in [0.25, 0.3) is 0 Å². The van der Waals surface area contributed by atoms with Gasteiger partial charge in [0, 0.05) is 6.04 Å². The summed E-state index contributed by atoms with van der Waals surface area (Å²) in [6, 6.07) is 9.15. The van der Waals surface area contributed by atoms with Gasteiger partial charge in [0.25, 0.3) is 0 Å². The molecule has 0 bridgehead atoms. The summed E-state index contributed by atoms with van der Waals surface area (Å²) in [4.78, 5) is -0.377. The predicted octanol–water partition coefficient (Wildman–Crippen LogP) is 3.98. The van der Waals surface area contributed by atoms with Crippen LogP contribution in [-0.2, 0) is 22.6 Å². The van der Waals surface area contributed by atoms with Crippen LogP contribution in [0.1, 0.15) is 34.7 Å². The van der Waals surface area contributed by atoms with Crippen LogP contribution in [0.4, 0.5) is 13.2 Å². The molecule has 0 amide bonds. The van der Waals surface area contributed by atoms with Gasteiger partial charge in [-0.1, -0.05) is 29.8 Å². The number of halogens is 3. The molecule has 128 valence electrons. The SMILES string of the molecule is Cc1ccc2c(c1)CCC2NS(=O)(=O)c1cccc(C(F)(F)F)c1. The Bertz CT molecular complexity index is 876. The minimum atomic E-state index is -4.58. The largest absolute Gasteiger partial charge is 0.416 e. The van der Waals surface area contributed by atoms with E-state index in [0.717, 1.165) is 35.2 Å². The molecule has 0 aliphatic heterocycles. The Labute approximate surface area is 138 Å². The highest BCUT2D eigenvalue weighted by atomic mass is 32.2. The van der Waals surface area contributed by atoms with Gasteiger partial charge in [0.15, 0.2) is 0 Å². The van der Waals surface area contributed by atoms with Crippen molar-refractivity contribution in [3.63, 3.8) is 0 Å². The zero-order valence-electron chi connectivity index (χ0n) is 12.9. The standard InChI is InChI=1S/C17H16F3NO2S/c1-11-5-7-15-12(9-11)6-8-16(15)21-24(22,23)14-4-2-3-13(10-14)17(18,19)20/h2-5,7,9-10,16,21H,6,8H2,1H3. The molecule has 3 nitrogen and oxygen atoms in total. The molecular formula is C17H16F3NO2S. The predicted molar refractivity (Wildman–Crippen MR) is 84.0 cm³/mol. The molecule has 2 aromatic rings. The number of rotatable bonds is 3. The number of hydrogen-bond acceptors (Lipinski definition) is 2. The fraction of sp³-hybridized carbons (Fsp3) is 0.294. The first kappa shape index (κ1) is 17.0. The molecule has 7 heteroatoms. The normalized spacial score (nSPS) is 17.8. The van der Waals surface area contributed by atoms with E-state index in [1.54, 1.807) is 0 Å². The average molecular weight is 355 g/mol. The summed E-state index contributed by atoms with van der Waals surface area (Å²) in [6.07, 6.45) is -3.24. The minimum Gasteiger partial charge on any atom is -0.207 e. The summed E-state index contributed by atoms with van der Waals surface area (Å²) >= 11 is 0. The van der Waals surface area contributed by atoms with Crippen molar-refractivity contribution < 1.29 is 21.6 Å². The fourth-order valence-electron chi connectivity index (χ4n) is 2.96. The molecule has 3 rings (SSSR count). The van der Waals surface area contributed by atoms with E-state index in [1.807, 2.05) is 25.1 Å². The maximum Gasteiger partial charge on any atom is 0.416 e.